The van der Waals surface area contributed by atoms with Crippen molar-refractivity contribution in [3.63, 3.8) is 0 Å². The fourth-order valence-corrected chi connectivity index (χ4v) is 4.54. The molecule has 0 N–H and O–H groups in total. The second-order valence-corrected chi connectivity index (χ2v) is 8.54. The second kappa shape index (κ2) is 11.9. The zero-order chi connectivity index (χ0) is 22.4. The van der Waals surface area contributed by atoms with Crippen LogP contribution in [0.15, 0.2) is 60.0 Å². The van der Waals surface area contributed by atoms with Gasteiger partial charge in [-0.3, -0.25) is 9.59 Å². The Morgan fingerprint density at radius 1 is 1.09 bits per heavy atom. The molecule has 0 aliphatic carbocycles. The SMILES string of the molecule is COc1ccc([C@@H]2SC=C(c3ccccc3)N(CCN(C)C)C(=O)[C@@H]2OC(C)=O)cc1.Cl. The summed E-state index contributed by atoms with van der Waals surface area (Å²) in [6.07, 6.45) is -0.935. The van der Waals surface area contributed by atoms with Gasteiger partial charge >= 0.3 is 5.97 Å². The normalized spacial score (nSPS) is 18.5. The lowest BCUT2D eigenvalue weighted by molar-refractivity contribution is -0.157. The van der Waals surface area contributed by atoms with E-state index in [4.69, 9.17) is 9.47 Å². The molecule has 1 aliphatic rings. The monoisotopic (exact) mass is 476 g/mol. The van der Waals surface area contributed by atoms with Crippen LogP contribution >= 0.6 is 24.2 Å². The van der Waals surface area contributed by atoms with Crippen LogP contribution in [0.1, 0.15) is 23.3 Å². The lowest BCUT2D eigenvalue weighted by Crippen LogP contribution is -2.43. The van der Waals surface area contributed by atoms with E-state index in [0.717, 1.165) is 22.6 Å². The molecule has 0 aromatic heterocycles. The van der Waals surface area contributed by atoms with E-state index in [1.807, 2.05) is 79.0 Å². The van der Waals surface area contributed by atoms with Crippen LogP contribution in [0.2, 0.25) is 0 Å². The van der Waals surface area contributed by atoms with Crippen molar-refractivity contribution in [3.05, 3.63) is 71.1 Å². The highest BCUT2D eigenvalue weighted by Crippen LogP contribution is 2.42. The van der Waals surface area contributed by atoms with E-state index in [1.54, 1.807) is 12.0 Å². The van der Waals surface area contributed by atoms with Crippen LogP contribution in [-0.4, -0.2) is 62.1 Å². The molecule has 0 spiro atoms. The Labute approximate surface area is 200 Å². The van der Waals surface area contributed by atoms with E-state index in [9.17, 15) is 9.59 Å². The molecule has 0 bridgehead atoms. The predicted molar refractivity (Wildman–Crippen MR) is 131 cm³/mol. The number of carbonyl (C=O) groups excluding carboxylic acids is 2. The van der Waals surface area contributed by atoms with Gasteiger partial charge in [-0.15, -0.1) is 24.2 Å². The summed E-state index contributed by atoms with van der Waals surface area (Å²) >= 11 is 1.49. The maximum Gasteiger partial charge on any atom is 0.303 e. The number of hydrogen-bond acceptors (Lipinski definition) is 6. The molecule has 0 unspecified atom stereocenters. The molecular weight excluding hydrogens is 448 g/mol. The third kappa shape index (κ3) is 6.28. The Bertz CT molecular complexity index is 935. The van der Waals surface area contributed by atoms with Crippen LogP contribution in [0.25, 0.3) is 5.70 Å². The van der Waals surface area contributed by atoms with Crippen LogP contribution in [0, 0.1) is 0 Å². The molecular formula is C24H29ClN2O4S. The van der Waals surface area contributed by atoms with Crippen molar-refractivity contribution in [3.8, 4) is 5.75 Å². The van der Waals surface area contributed by atoms with Gasteiger partial charge in [0.1, 0.15) is 5.75 Å². The van der Waals surface area contributed by atoms with Crippen LogP contribution < -0.4 is 4.74 Å². The van der Waals surface area contributed by atoms with Crippen LogP contribution in [0.4, 0.5) is 0 Å². The van der Waals surface area contributed by atoms with Gasteiger partial charge in [-0.1, -0.05) is 42.5 Å². The zero-order valence-corrected chi connectivity index (χ0v) is 20.3. The molecule has 3 rings (SSSR count). The Kier molecular flexibility index (Phi) is 9.62. The minimum atomic E-state index is -0.935. The molecule has 2 atom stereocenters. The Balaban J connectivity index is 0.00000363. The summed E-state index contributed by atoms with van der Waals surface area (Å²) < 4.78 is 10.9. The van der Waals surface area contributed by atoms with Crippen molar-refractivity contribution < 1.29 is 19.1 Å². The van der Waals surface area contributed by atoms with Crippen molar-refractivity contribution in [2.75, 3.05) is 34.3 Å². The fourth-order valence-electron chi connectivity index (χ4n) is 3.38. The molecule has 0 saturated heterocycles. The van der Waals surface area contributed by atoms with Gasteiger partial charge in [-0.2, -0.15) is 0 Å². The number of halogens is 1. The third-order valence-electron chi connectivity index (χ3n) is 4.98. The molecule has 32 heavy (non-hydrogen) atoms. The molecule has 8 heteroatoms. The van der Waals surface area contributed by atoms with Gasteiger partial charge in [-0.25, -0.2) is 0 Å². The first kappa shape index (κ1) is 25.8. The van der Waals surface area contributed by atoms with Gasteiger partial charge in [0.25, 0.3) is 5.91 Å². The molecule has 2 aromatic rings. The molecule has 172 valence electrons. The maximum absolute atomic E-state index is 13.7. The topological polar surface area (TPSA) is 59.1 Å². The van der Waals surface area contributed by atoms with Crippen LogP contribution in [-0.2, 0) is 14.3 Å². The Morgan fingerprint density at radius 2 is 1.75 bits per heavy atom. The first-order valence-corrected chi connectivity index (χ1v) is 11.0. The number of amides is 1. The molecule has 0 fully saturated rings. The van der Waals surface area contributed by atoms with E-state index in [-0.39, 0.29) is 23.6 Å². The number of hydrogen-bond donors (Lipinski definition) is 0. The number of rotatable bonds is 7. The Morgan fingerprint density at radius 3 is 2.31 bits per heavy atom. The van der Waals surface area contributed by atoms with E-state index in [1.165, 1.54) is 18.7 Å². The van der Waals surface area contributed by atoms with Crippen molar-refractivity contribution in [1.82, 2.24) is 9.80 Å². The molecule has 2 aromatic carbocycles. The lowest BCUT2D eigenvalue weighted by atomic mass is 10.0. The fraction of sp³-hybridized carbons (Fsp3) is 0.333. The highest BCUT2D eigenvalue weighted by Gasteiger charge is 2.39. The number of methoxy groups -OCH3 is 1. The first-order valence-electron chi connectivity index (χ1n) is 10.1. The minimum Gasteiger partial charge on any atom is -0.497 e. The van der Waals surface area contributed by atoms with Crippen molar-refractivity contribution in [2.24, 2.45) is 0 Å². The van der Waals surface area contributed by atoms with E-state index in [0.29, 0.717) is 13.1 Å². The number of carbonyl (C=O) groups is 2. The number of esters is 1. The van der Waals surface area contributed by atoms with Gasteiger partial charge in [0.2, 0.25) is 0 Å². The minimum absolute atomic E-state index is 0. The molecule has 1 heterocycles. The Hall–Kier alpha value is -2.48. The van der Waals surface area contributed by atoms with Crippen LogP contribution in [0.5, 0.6) is 5.75 Å². The summed E-state index contributed by atoms with van der Waals surface area (Å²) in [7, 11) is 5.54. The van der Waals surface area contributed by atoms with Gasteiger partial charge < -0.3 is 19.3 Å². The van der Waals surface area contributed by atoms with E-state index < -0.39 is 12.1 Å². The smallest absolute Gasteiger partial charge is 0.303 e. The standard InChI is InChI=1S/C24H28N2O4S.ClH/c1-17(27)30-22-23(19-10-12-20(29-4)13-11-19)31-16-21(18-8-6-5-7-9-18)26(24(22)28)15-14-25(2)3;/h5-13,16,22-23H,14-15H2,1-4H3;1H/t22-,23+;/m1./s1. The zero-order valence-electron chi connectivity index (χ0n) is 18.7. The van der Waals surface area contributed by atoms with E-state index in [2.05, 4.69) is 0 Å². The number of thioether (sulfide) groups is 1. The highest BCUT2D eigenvalue weighted by atomic mass is 35.5. The first-order chi connectivity index (χ1) is 14.9. The molecule has 1 aliphatic heterocycles. The van der Waals surface area contributed by atoms with E-state index >= 15 is 0 Å². The summed E-state index contributed by atoms with van der Waals surface area (Å²) in [5.41, 5.74) is 2.65. The lowest BCUT2D eigenvalue weighted by Gasteiger charge is -2.30. The molecule has 6 nitrogen and oxygen atoms in total. The molecule has 0 saturated carbocycles. The van der Waals surface area contributed by atoms with Crippen molar-refractivity contribution in [2.45, 2.75) is 18.3 Å². The summed E-state index contributed by atoms with van der Waals surface area (Å²) in [5, 5.41) is 1.63. The van der Waals surface area contributed by atoms with Crippen molar-refractivity contribution in [1.29, 1.82) is 0 Å². The summed E-state index contributed by atoms with van der Waals surface area (Å²) in [6.45, 7) is 2.50. The van der Waals surface area contributed by atoms with Gasteiger partial charge in [0.15, 0.2) is 6.10 Å². The summed E-state index contributed by atoms with van der Waals surface area (Å²) in [5.74, 6) is 0.0250. The number of ether oxygens (including phenoxy) is 2. The molecule has 1 amide bonds. The average molecular weight is 477 g/mol. The van der Waals surface area contributed by atoms with Crippen LogP contribution in [0.3, 0.4) is 0 Å². The number of likely N-dealkylation sites (N-methyl/N-ethyl adjacent to an activating group) is 1. The number of nitrogens with zero attached hydrogens (tertiary/aromatic N) is 2. The van der Waals surface area contributed by atoms with Gasteiger partial charge in [-0.05, 0) is 42.8 Å². The van der Waals surface area contributed by atoms with Gasteiger partial charge in [0.05, 0.1) is 18.1 Å². The van der Waals surface area contributed by atoms with Gasteiger partial charge in [0, 0.05) is 20.0 Å². The summed E-state index contributed by atoms with van der Waals surface area (Å²) in [4.78, 5) is 29.4. The molecule has 0 radical (unpaired) electrons. The predicted octanol–water partition coefficient (Wildman–Crippen LogP) is 4.23. The maximum atomic E-state index is 13.7. The van der Waals surface area contributed by atoms with Crippen molar-refractivity contribution >= 4 is 41.7 Å². The average Bonchev–Trinajstić information content (AvgIpc) is 2.89. The number of benzene rings is 2. The second-order valence-electron chi connectivity index (χ2n) is 7.52. The largest absolute Gasteiger partial charge is 0.497 e. The quantitative estimate of drug-likeness (QED) is 0.557. The third-order valence-corrected chi connectivity index (χ3v) is 6.15. The summed E-state index contributed by atoms with van der Waals surface area (Å²) in [6, 6.07) is 17.3. The highest BCUT2D eigenvalue weighted by molar-refractivity contribution is 8.02.